The normalized spacial score (nSPS) is 12.6. The number of sulfonamides is 1. The third kappa shape index (κ3) is 8.42. The number of amides is 2. The van der Waals surface area contributed by atoms with E-state index >= 15 is 0 Å². The number of aryl methyl sites for hydroxylation is 1. The lowest BCUT2D eigenvalue weighted by atomic mass is 10.1. The zero-order valence-electron chi connectivity index (χ0n) is 25.5. The SMILES string of the molecule is CC[C@H](C)NC(=O)[C@H](CC)N(Cc1ccc(C)cc1)C(=O)CN(c1ccc(Cl)cc1)S(=O)(=O)c1ccc(OC)c(OC)c1. The van der Waals surface area contributed by atoms with E-state index in [1.807, 2.05) is 52.0 Å². The molecule has 1 N–H and O–H groups in total. The zero-order chi connectivity index (χ0) is 31.7. The van der Waals surface area contributed by atoms with Gasteiger partial charge in [0.15, 0.2) is 11.5 Å². The predicted octanol–water partition coefficient (Wildman–Crippen LogP) is 5.58. The van der Waals surface area contributed by atoms with Crippen molar-refractivity contribution in [3.05, 3.63) is 82.9 Å². The Morgan fingerprint density at radius 2 is 1.53 bits per heavy atom. The number of rotatable bonds is 14. The predicted molar refractivity (Wildman–Crippen MR) is 169 cm³/mol. The Hall–Kier alpha value is -3.76. The molecule has 3 rings (SSSR count). The Morgan fingerprint density at radius 3 is 2.09 bits per heavy atom. The van der Waals surface area contributed by atoms with Crippen molar-refractivity contribution < 1.29 is 27.5 Å². The molecular weight excluding hydrogens is 590 g/mol. The summed E-state index contributed by atoms with van der Waals surface area (Å²) in [5.41, 5.74) is 2.10. The van der Waals surface area contributed by atoms with Gasteiger partial charge in [-0.15, -0.1) is 0 Å². The minimum absolute atomic E-state index is 0.0890. The highest BCUT2D eigenvalue weighted by molar-refractivity contribution is 7.92. The van der Waals surface area contributed by atoms with Gasteiger partial charge in [0, 0.05) is 23.7 Å². The largest absolute Gasteiger partial charge is 0.493 e. The molecule has 0 fully saturated rings. The molecule has 0 saturated heterocycles. The van der Waals surface area contributed by atoms with E-state index in [1.54, 1.807) is 12.1 Å². The molecule has 9 nitrogen and oxygen atoms in total. The molecule has 0 unspecified atom stereocenters. The maximum Gasteiger partial charge on any atom is 0.264 e. The van der Waals surface area contributed by atoms with E-state index in [2.05, 4.69) is 5.32 Å². The molecular formula is C32H40ClN3O6S. The molecule has 0 aliphatic rings. The van der Waals surface area contributed by atoms with Crippen LogP contribution in [0.4, 0.5) is 5.69 Å². The van der Waals surface area contributed by atoms with E-state index in [4.69, 9.17) is 21.1 Å². The van der Waals surface area contributed by atoms with Crippen LogP contribution in [0.5, 0.6) is 11.5 Å². The van der Waals surface area contributed by atoms with Crippen molar-refractivity contribution in [2.24, 2.45) is 0 Å². The molecule has 0 bridgehead atoms. The lowest BCUT2D eigenvalue weighted by Gasteiger charge is -2.33. The Morgan fingerprint density at radius 1 is 0.907 bits per heavy atom. The van der Waals surface area contributed by atoms with Crippen molar-refractivity contribution in [1.82, 2.24) is 10.2 Å². The first-order valence-electron chi connectivity index (χ1n) is 14.1. The van der Waals surface area contributed by atoms with E-state index in [-0.39, 0.29) is 34.8 Å². The van der Waals surface area contributed by atoms with Crippen LogP contribution in [-0.2, 0) is 26.2 Å². The number of nitrogens with one attached hydrogen (secondary N) is 1. The summed E-state index contributed by atoms with van der Waals surface area (Å²) in [6.45, 7) is 7.21. The topological polar surface area (TPSA) is 105 Å². The fourth-order valence-electron chi connectivity index (χ4n) is 4.49. The van der Waals surface area contributed by atoms with E-state index < -0.39 is 28.5 Å². The average molecular weight is 630 g/mol. The molecule has 11 heteroatoms. The summed E-state index contributed by atoms with van der Waals surface area (Å²) in [4.78, 5) is 29.0. The lowest BCUT2D eigenvalue weighted by Crippen LogP contribution is -2.53. The summed E-state index contributed by atoms with van der Waals surface area (Å²) in [6, 6.07) is 17.1. The minimum Gasteiger partial charge on any atom is -0.493 e. The van der Waals surface area contributed by atoms with Gasteiger partial charge < -0.3 is 19.7 Å². The molecule has 0 radical (unpaired) electrons. The Labute approximate surface area is 259 Å². The van der Waals surface area contributed by atoms with Gasteiger partial charge in [-0.2, -0.15) is 0 Å². The van der Waals surface area contributed by atoms with Crippen molar-refractivity contribution in [2.75, 3.05) is 25.1 Å². The lowest BCUT2D eigenvalue weighted by molar-refractivity contribution is -0.140. The van der Waals surface area contributed by atoms with Crippen LogP contribution in [0.3, 0.4) is 0 Å². The molecule has 3 aromatic carbocycles. The maximum atomic E-state index is 14.2. The van der Waals surface area contributed by atoms with Crippen LogP contribution in [0.15, 0.2) is 71.6 Å². The summed E-state index contributed by atoms with van der Waals surface area (Å²) < 4.78 is 39.9. The number of benzene rings is 3. The summed E-state index contributed by atoms with van der Waals surface area (Å²) in [5.74, 6) is -0.249. The number of halogens is 1. The summed E-state index contributed by atoms with van der Waals surface area (Å²) in [7, 11) is -1.44. The first-order valence-corrected chi connectivity index (χ1v) is 15.9. The van der Waals surface area contributed by atoms with Crippen LogP contribution in [0.1, 0.15) is 44.7 Å². The van der Waals surface area contributed by atoms with Crippen molar-refractivity contribution in [2.45, 2.75) is 64.1 Å². The monoisotopic (exact) mass is 629 g/mol. The number of anilines is 1. The van der Waals surface area contributed by atoms with Crippen molar-refractivity contribution in [3.63, 3.8) is 0 Å². The fourth-order valence-corrected chi connectivity index (χ4v) is 6.05. The van der Waals surface area contributed by atoms with E-state index in [1.165, 1.54) is 49.5 Å². The van der Waals surface area contributed by atoms with Gasteiger partial charge in [0.2, 0.25) is 11.8 Å². The van der Waals surface area contributed by atoms with Gasteiger partial charge >= 0.3 is 0 Å². The number of carbonyl (C=O) groups excluding carboxylic acids is 2. The van der Waals surface area contributed by atoms with Gasteiger partial charge in [0.1, 0.15) is 12.6 Å². The highest BCUT2D eigenvalue weighted by Crippen LogP contribution is 2.33. The molecule has 0 saturated carbocycles. The molecule has 0 aliphatic carbocycles. The number of carbonyl (C=O) groups is 2. The zero-order valence-corrected chi connectivity index (χ0v) is 27.0. The van der Waals surface area contributed by atoms with Crippen molar-refractivity contribution in [3.8, 4) is 11.5 Å². The maximum absolute atomic E-state index is 14.2. The number of ether oxygens (including phenoxy) is 2. The Bertz CT molecular complexity index is 1500. The standard InChI is InChI=1S/C32H40ClN3O6S/c1-7-23(4)34-32(38)28(8-2)35(20-24-11-9-22(3)10-12-24)31(37)21-36(26-15-13-25(33)14-16-26)43(39,40)27-17-18-29(41-5)30(19-27)42-6/h9-19,23,28H,7-8,20-21H2,1-6H3,(H,34,38)/t23-,28-/m0/s1. The van der Waals surface area contributed by atoms with Crippen LogP contribution in [0.2, 0.25) is 5.02 Å². The minimum atomic E-state index is -4.30. The summed E-state index contributed by atoms with van der Waals surface area (Å²) in [6.07, 6.45) is 1.06. The molecule has 3 aromatic rings. The van der Waals surface area contributed by atoms with E-state index in [0.29, 0.717) is 17.2 Å². The van der Waals surface area contributed by atoms with Gasteiger partial charge in [0.05, 0.1) is 24.8 Å². The molecule has 2 amide bonds. The van der Waals surface area contributed by atoms with Crippen LogP contribution >= 0.6 is 11.6 Å². The average Bonchev–Trinajstić information content (AvgIpc) is 3.00. The number of hydrogen-bond acceptors (Lipinski definition) is 6. The van der Waals surface area contributed by atoms with Gasteiger partial charge in [0.25, 0.3) is 10.0 Å². The summed E-state index contributed by atoms with van der Waals surface area (Å²) >= 11 is 6.11. The third-order valence-electron chi connectivity index (χ3n) is 7.20. The molecule has 43 heavy (non-hydrogen) atoms. The van der Waals surface area contributed by atoms with Crippen LogP contribution in [0, 0.1) is 6.92 Å². The van der Waals surface area contributed by atoms with E-state index in [9.17, 15) is 18.0 Å². The second-order valence-corrected chi connectivity index (χ2v) is 12.6. The Balaban J connectivity index is 2.09. The molecule has 0 spiro atoms. The van der Waals surface area contributed by atoms with Crippen LogP contribution < -0.4 is 19.1 Å². The fraction of sp³-hybridized carbons (Fsp3) is 0.375. The van der Waals surface area contributed by atoms with Crippen molar-refractivity contribution in [1.29, 1.82) is 0 Å². The van der Waals surface area contributed by atoms with Gasteiger partial charge in [-0.3, -0.25) is 13.9 Å². The summed E-state index contributed by atoms with van der Waals surface area (Å²) in [5, 5.41) is 3.39. The first-order chi connectivity index (χ1) is 20.4. The van der Waals surface area contributed by atoms with Crippen molar-refractivity contribution >= 4 is 39.1 Å². The molecule has 232 valence electrons. The van der Waals surface area contributed by atoms with Gasteiger partial charge in [-0.05, 0) is 68.7 Å². The number of hydrogen-bond donors (Lipinski definition) is 1. The van der Waals surface area contributed by atoms with Gasteiger partial charge in [-0.1, -0.05) is 55.3 Å². The second kappa shape index (κ2) is 15.1. The second-order valence-electron chi connectivity index (χ2n) is 10.3. The van der Waals surface area contributed by atoms with E-state index in [0.717, 1.165) is 21.9 Å². The first kappa shape index (κ1) is 33.7. The molecule has 0 aliphatic heterocycles. The molecule has 0 heterocycles. The smallest absolute Gasteiger partial charge is 0.264 e. The Kier molecular flexibility index (Phi) is 11.9. The number of methoxy groups -OCH3 is 2. The number of nitrogens with zero attached hydrogens (tertiary/aromatic N) is 2. The van der Waals surface area contributed by atoms with Gasteiger partial charge in [-0.25, -0.2) is 8.42 Å². The third-order valence-corrected chi connectivity index (χ3v) is 9.22. The highest BCUT2D eigenvalue weighted by atomic mass is 35.5. The molecule has 0 aromatic heterocycles. The quantitative estimate of drug-likeness (QED) is 0.250. The molecule has 2 atom stereocenters. The van der Waals surface area contributed by atoms with Crippen LogP contribution in [0.25, 0.3) is 0 Å². The van der Waals surface area contributed by atoms with Crippen LogP contribution in [-0.4, -0.2) is 58.0 Å². The highest BCUT2D eigenvalue weighted by Gasteiger charge is 2.34.